The van der Waals surface area contributed by atoms with E-state index in [2.05, 4.69) is 20.9 Å². The molecule has 224 valence electrons. The number of carbonyl (C=O) groups excluding carboxylic acids is 1. The van der Waals surface area contributed by atoms with Crippen LogP contribution in [0.15, 0.2) is 57.6 Å². The molecule has 0 saturated heterocycles. The van der Waals surface area contributed by atoms with E-state index in [-0.39, 0.29) is 37.7 Å². The molecule has 0 fully saturated rings. The first kappa shape index (κ1) is 31.8. The summed E-state index contributed by atoms with van der Waals surface area (Å²) in [5.41, 5.74) is 3.12. The first-order valence-corrected chi connectivity index (χ1v) is 15.7. The number of hydrogen-bond donors (Lipinski definition) is 0. The summed E-state index contributed by atoms with van der Waals surface area (Å²) in [6.07, 6.45) is 1.88. The van der Waals surface area contributed by atoms with Gasteiger partial charge in [-0.05, 0) is 69.7 Å². The van der Waals surface area contributed by atoms with Crippen LogP contribution in [0.25, 0.3) is 22.1 Å². The van der Waals surface area contributed by atoms with Gasteiger partial charge in [0.1, 0.15) is 30.3 Å². The van der Waals surface area contributed by atoms with E-state index in [1.165, 1.54) is 0 Å². The highest BCUT2D eigenvalue weighted by Crippen LogP contribution is 2.35. The molecule has 7 nitrogen and oxygen atoms in total. The zero-order valence-corrected chi connectivity index (χ0v) is 26.8. The molecule has 0 spiro atoms. The number of furan rings is 1. The van der Waals surface area contributed by atoms with Crippen LogP contribution in [0.1, 0.15) is 50.3 Å². The summed E-state index contributed by atoms with van der Waals surface area (Å²) in [6.45, 7) is 8.18. The number of methoxy groups -OCH3 is 1. The molecule has 0 aliphatic heterocycles. The average Bonchev–Trinajstić information content (AvgIpc) is 3.34. The van der Waals surface area contributed by atoms with Crippen LogP contribution in [-0.2, 0) is 51.1 Å². The number of pyridine rings is 1. The van der Waals surface area contributed by atoms with Crippen molar-refractivity contribution in [3.63, 3.8) is 0 Å². The maximum Gasteiger partial charge on any atom is 0.310 e. The highest BCUT2D eigenvalue weighted by atomic mass is 79.9. The van der Waals surface area contributed by atoms with E-state index in [0.29, 0.717) is 46.1 Å². The van der Waals surface area contributed by atoms with Gasteiger partial charge in [-0.15, -0.1) is 0 Å². The fraction of sp³-hybridized carbons (Fsp3) is 0.375. The predicted molar refractivity (Wildman–Crippen MR) is 165 cm³/mol. The van der Waals surface area contributed by atoms with Crippen LogP contribution in [0.3, 0.4) is 0 Å². The van der Waals surface area contributed by atoms with Crippen molar-refractivity contribution in [3.8, 4) is 16.9 Å². The topological polar surface area (TPSA) is 87.9 Å². The predicted octanol–water partition coefficient (Wildman–Crippen LogP) is 7.32. The molecule has 0 amide bonds. The van der Waals surface area contributed by atoms with E-state index in [4.69, 9.17) is 18.6 Å². The number of esters is 1. The van der Waals surface area contributed by atoms with E-state index < -0.39 is 21.4 Å². The minimum Gasteiger partial charge on any atom is -0.489 e. The Labute approximate surface area is 256 Å². The van der Waals surface area contributed by atoms with Crippen molar-refractivity contribution >= 4 is 43.7 Å². The monoisotopic (exact) mass is 659 g/mol. The third-order valence-corrected chi connectivity index (χ3v) is 8.97. The van der Waals surface area contributed by atoms with Crippen LogP contribution in [0.5, 0.6) is 5.75 Å². The van der Waals surface area contributed by atoms with Crippen molar-refractivity contribution in [3.05, 3.63) is 81.5 Å². The Morgan fingerprint density at radius 1 is 1.10 bits per heavy atom. The zero-order valence-electron chi connectivity index (χ0n) is 24.4. The van der Waals surface area contributed by atoms with Crippen LogP contribution in [-0.4, -0.2) is 39.4 Å². The third kappa shape index (κ3) is 7.85. The second kappa shape index (κ2) is 13.9. The summed E-state index contributed by atoms with van der Waals surface area (Å²) in [4.78, 5) is 16.4. The van der Waals surface area contributed by atoms with Crippen molar-refractivity contribution in [1.29, 1.82) is 0 Å². The number of aryl methyl sites for hydroxylation is 1. The van der Waals surface area contributed by atoms with Gasteiger partial charge in [-0.3, -0.25) is 14.0 Å². The van der Waals surface area contributed by atoms with Gasteiger partial charge in [0.05, 0.1) is 18.7 Å². The first-order valence-electron chi connectivity index (χ1n) is 13.6. The molecule has 0 radical (unpaired) electrons. The van der Waals surface area contributed by atoms with Gasteiger partial charge in [-0.1, -0.05) is 22.0 Å². The maximum absolute atomic E-state index is 15.9. The summed E-state index contributed by atoms with van der Waals surface area (Å²) < 4.78 is 51.6. The molecular weight excluding hydrogens is 625 g/mol. The quantitative estimate of drug-likeness (QED) is 0.147. The lowest BCUT2D eigenvalue weighted by molar-refractivity contribution is -0.142. The molecule has 2 aromatic heterocycles. The SMILES string of the molecule is CCOC(=O)Cc1ccc(Br)cc1OCc1cc(-c2ccnc(CC[S@@](=O)C(C)(C)C)c2F)c2oc(COC)cc2c1. The summed E-state index contributed by atoms with van der Waals surface area (Å²) in [6, 6.07) is 12.7. The molecule has 0 unspecified atom stereocenters. The normalized spacial score (nSPS) is 12.5. The van der Waals surface area contributed by atoms with Crippen LogP contribution >= 0.6 is 15.9 Å². The van der Waals surface area contributed by atoms with Gasteiger partial charge in [0, 0.05) is 67.6 Å². The smallest absolute Gasteiger partial charge is 0.310 e. The van der Waals surface area contributed by atoms with Gasteiger partial charge in [0.2, 0.25) is 0 Å². The van der Waals surface area contributed by atoms with Crippen LogP contribution in [0, 0.1) is 5.82 Å². The minimum absolute atomic E-state index is 0.0772. The van der Waals surface area contributed by atoms with Gasteiger partial charge in [-0.2, -0.15) is 0 Å². The fourth-order valence-corrected chi connectivity index (χ4v) is 5.80. The van der Waals surface area contributed by atoms with Crippen molar-refractivity contribution < 1.29 is 32.0 Å². The lowest BCUT2D eigenvalue weighted by Gasteiger charge is -2.17. The van der Waals surface area contributed by atoms with Crippen LogP contribution < -0.4 is 4.74 Å². The van der Waals surface area contributed by atoms with E-state index in [1.807, 2.05) is 51.1 Å². The van der Waals surface area contributed by atoms with Gasteiger partial charge in [-0.25, -0.2) is 4.39 Å². The molecule has 0 aliphatic carbocycles. The second-order valence-electron chi connectivity index (χ2n) is 10.8. The summed E-state index contributed by atoms with van der Waals surface area (Å²) in [5.74, 6) is 0.630. The number of ether oxygens (including phenoxy) is 3. The Morgan fingerprint density at radius 2 is 1.88 bits per heavy atom. The number of nitrogens with zero attached hydrogens (tertiary/aromatic N) is 1. The van der Waals surface area contributed by atoms with Crippen LogP contribution in [0.2, 0.25) is 0 Å². The molecule has 42 heavy (non-hydrogen) atoms. The molecule has 4 rings (SSSR count). The van der Waals surface area contributed by atoms with Gasteiger partial charge >= 0.3 is 5.97 Å². The standard InChI is InChI=1S/C32H35BrFNO6S/c1-6-39-29(36)16-21-7-8-23(33)17-28(21)40-18-20-13-22-15-24(19-38-5)41-31(22)26(14-20)25-9-11-35-27(30(25)34)10-12-42(37)32(2,3)4/h7-9,11,13-15,17H,6,10,12,16,18-19H2,1-5H3/t42-/m1/s1. The van der Waals surface area contributed by atoms with Crippen molar-refractivity contribution in [2.24, 2.45) is 0 Å². The Morgan fingerprint density at radius 3 is 2.60 bits per heavy atom. The number of halogens is 2. The molecule has 1 atom stereocenters. The highest BCUT2D eigenvalue weighted by Gasteiger charge is 2.22. The largest absolute Gasteiger partial charge is 0.489 e. The molecule has 2 aromatic carbocycles. The number of carbonyl (C=O) groups is 1. The number of hydrogen-bond acceptors (Lipinski definition) is 7. The van der Waals surface area contributed by atoms with E-state index in [1.54, 1.807) is 32.4 Å². The second-order valence-corrected chi connectivity index (χ2v) is 14.0. The van der Waals surface area contributed by atoms with Gasteiger partial charge < -0.3 is 18.6 Å². The number of fused-ring (bicyclic) bond motifs is 1. The fourth-order valence-electron chi connectivity index (χ4n) is 4.47. The molecule has 0 N–H and O–H groups in total. The number of benzene rings is 2. The molecule has 0 aliphatic rings. The molecule has 0 bridgehead atoms. The molecule has 4 aromatic rings. The first-order chi connectivity index (χ1) is 20.0. The molecule has 10 heteroatoms. The van der Waals surface area contributed by atoms with E-state index >= 15 is 4.39 Å². The van der Waals surface area contributed by atoms with E-state index in [0.717, 1.165) is 15.4 Å². The minimum atomic E-state index is -1.14. The summed E-state index contributed by atoms with van der Waals surface area (Å²) >= 11 is 3.47. The lowest BCUT2D eigenvalue weighted by Crippen LogP contribution is -2.25. The zero-order chi connectivity index (χ0) is 30.4. The Bertz CT molecular complexity index is 1600. The third-order valence-electron chi connectivity index (χ3n) is 6.54. The molecule has 2 heterocycles. The van der Waals surface area contributed by atoms with Crippen molar-refractivity contribution in [1.82, 2.24) is 4.98 Å². The van der Waals surface area contributed by atoms with Crippen LogP contribution in [0.4, 0.5) is 4.39 Å². The van der Waals surface area contributed by atoms with E-state index in [9.17, 15) is 9.00 Å². The average molecular weight is 661 g/mol. The number of aromatic nitrogens is 1. The maximum atomic E-state index is 15.9. The Kier molecular flexibility index (Phi) is 10.6. The summed E-state index contributed by atoms with van der Waals surface area (Å²) in [5, 5.41) is 0.769. The Balaban J connectivity index is 1.70. The summed E-state index contributed by atoms with van der Waals surface area (Å²) in [7, 11) is 0.439. The Hall–Kier alpha value is -3.08. The van der Waals surface area contributed by atoms with Crippen molar-refractivity contribution in [2.75, 3.05) is 19.5 Å². The lowest BCUT2D eigenvalue weighted by atomic mass is 9.99. The molecular formula is C32H35BrFNO6S. The van der Waals surface area contributed by atoms with Crippen molar-refractivity contribution in [2.45, 2.75) is 58.5 Å². The molecule has 0 saturated carbocycles. The highest BCUT2D eigenvalue weighted by molar-refractivity contribution is 9.10. The number of rotatable bonds is 12. The van der Waals surface area contributed by atoms with Gasteiger partial charge in [0.15, 0.2) is 5.82 Å². The van der Waals surface area contributed by atoms with Gasteiger partial charge in [0.25, 0.3) is 0 Å².